The van der Waals surface area contributed by atoms with Gasteiger partial charge in [0, 0.05) is 18.1 Å². The number of para-hydroxylation sites is 1. The van der Waals surface area contributed by atoms with Crippen LogP contribution in [0.25, 0.3) is 6.08 Å². The Morgan fingerprint density at radius 2 is 1.80 bits per heavy atom. The second-order valence-corrected chi connectivity index (χ2v) is 5.76. The molecule has 0 heterocycles. The molecule has 25 heavy (non-hydrogen) atoms. The number of ketones is 1. The zero-order valence-corrected chi connectivity index (χ0v) is 14.1. The molecule has 2 rings (SSSR count). The topological polar surface area (TPSA) is 80.4 Å². The van der Waals surface area contributed by atoms with Crippen LogP contribution in [0.2, 0.25) is 0 Å². The summed E-state index contributed by atoms with van der Waals surface area (Å²) >= 11 is 0. The maximum atomic E-state index is 12.6. The first-order chi connectivity index (χ1) is 12.0. The first kappa shape index (κ1) is 18.5. The molecule has 0 amide bonds. The highest BCUT2D eigenvalue weighted by molar-refractivity contribution is 6.00. The number of hydrogen-bond donors (Lipinski definition) is 1. The summed E-state index contributed by atoms with van der Waals surface area (Å²) in [6.07, 6.45) is 2.12. The van der Waals surface area contributed by atoms with Crippen molar-refractivity contribution in [2.75, 3.05) is 0 Å². The van der Waals surface area contributed by atoms with Crippen LogP contribution in [0.1, 0.15) is 43.4 Å². The lowest BCUT2D eigenvalue weighted by molar-refractivity contribution is -0.386. The Kier molecular flexibility index (Phi) is 6.60. The van der Waals surface area contributed by atoms with Crippen molar-refractivity contribution >= 4 is 17.5 Å². The van der Waals surface area contributed by atoms with E-state index in [1.807, 2.05) is 37.3 Å². The number of nitrogens with zero attached hydrogens (tertiary/aromatic N) is 1. The molecule has 5 nitrogen and oxygen atoms in total. The summed E-state index contributed by atoms with van der Waals surface area (Å²) < 4.78 is 0. The van der Waals surface area contributed by atoms with Gasteiger partial charge in [-0.25, -0.2) is 0 Å². The third kappa shape index (κ3) is 4.84. The lowest BCUT2D eigenvalue weighted by Crippen LogP contribution is -2.13. The molecule has 0 aliphatic carbocycles. The van der Waals surface area contributed by atoms with Crippen LogP contribution in [-0.4, -0.2) is 15.8 Å². The lowest BCUT2D eigenvalue weighted by atomic mass is 9.93. The zero-order chi connectivity index (χ0) is 18.2. The summed E-state index contributed by atoms with van der Waals surface area (Å²) in [4.78, 5) is 23.3. The smallest absolute Gasteiger partial charge is 0.275 e. The van der Waals surface area contributed by atoms with E-state index < -0.39 is 11.0 Å². The maximum Gasteiger partial charge on any atom is 0.275 e. The van der Waals surface area contributed by atoms with Gasteiger partial charge in [-0.05, 0) is 24.1 Å². The van der Waals surface area contributed by atoms with E-state index in [1.165, 1.54) is 18.2 Å². The first-order valence-electron chi connectivity index (χ1n) is 8.25. The molecule has 1 N–H and O–H groups in total. The Balaban J connectivity index is 2.46. The van der Waals surface area contributed by atoms with Gasteiger partial charge in [0.15, 0.2) is 5.78 Å². The van der Waals surface area contributed by atoms with E-state index in [2.05, 4.69) is 0 Å². The molecular formula is C20H21NO4. The van der Waals surface area contributed by atoms with Gasteiger partial charge >= 0.3 is 0 Å². The van der Waals surface area contributed by atoms with Gasteiger partial charge in [-0.15, -0.1) is 0 Å². The number of carbonyl (C=O) groups excluding carboxylic acids is 1. The molecule has 130 valence electrons. The van der Waals surface area contributed by atoms with Crippen LogP contribution in [0.15, 0.2) is 60.2 Å². The minimum atomic E-state index is -1.34. The minimum Gasteiger partial charge on any atom is -0.383 e. The van der Waals surface area contributed by atoms with E-state index in [1.54, 1.807) is 12.1 Å². The molecule has 5 heteroatoms. The van der Waals surface area contributed by atoms with E-state index in [-0.39, 0.29) is 22.6 Å². The van der Waals surface area contributed by atoms with Crippen LogP contribution in [0, 0.1) is 10.1 Å². The highest BCUT2D eigenvalue weighted by Gasteiger charge is 2.26. The lowest BCUT2D eigenvalue weighted by Gasteiger charge is -2.15. The number of Topliss-reactive ketones (excluding diaryl/α,β-unsaturated/α-hetero) is 1. The largest absolute Gasteiger partial charge is 0.383 e. The van der Waals surface area contributed by atoms with E-state index in [4.69, 9.17) is 0 Å². The number of nitro groups is 1. The van der Waals surface area contributed by atoms with Gasteiger partial charge in [0.2, 0.25) is 0 Å². The third-order valence-corrected chi connectivity index (χ3v) is 3.92. The summed E-state index contributed by atoms with van der Waals surface area (Å²) in [6.45, 7) is 1.98. The molecule has 2 aromatic carbocycles. The maximum absolute atomic E-state index is 12.6. The average molecular weight is 339 g/mol. The number of benzene rings is 2. The van der Waals surface area contributed by atoms with Crippen molar-refractivity contribution in [2.24, 2.45) is 0 Å². The molecule has 0 fully saturated rings. The molecule has 0 aromatic heterocycles. The first-order valence-corrected chi connectivity index (χ1v) is 8.25. The van der Waals surface area contributed by atoms with Crippen LogP contribution in [0.5, 0.6) is 0 Å². The molecule has 1 unspecified atom stereocenters. The van der Waals surface area contributed by atoms with Gasteiger partial charge in [0.1, 0.15) is 6.10 Å². The number of hydrogen-bond acceptors (Lipinski definition) is 4. The number of nitro benzene ring substituents is 1. The van der Waals surface area contributed by atoms with E-state index in [0.29, 0.717) is 12.8 Å². The number of aliphatic hydroxyl groups excluding tert-OH is 1. The van der Waals surface area contributed by atoms with Crippen LogP contribution in [0.3, 0.4) is 0 Å². The molecular weight excluding hydrogens is 318 g/mol. The molecule has 2 aromatic rings. The van der Waals surface area contributed by atoms with Crippen molar-refractivity contribution < 1.29 is 14.8 Å². The van der Waals surface area contributed by atoms with E-state index in [9.17, 15) is 20.0 Å². The second-order valence-electron chi connectivity index (χ2n) is 5.76. The van der Waals surface area contributed by atoms with E-state index >= 15 is 0 Å². The Hall–Kier alpha value is -2.79. The highest BCUT2D eigenvalue weighted by atomic mass is 16.6. The summed E-state index contributed by atoms with van der Waals surface area (Å²) in [5.74, 6) is -0.198. The number of aliphatic hydroxyl groups is 1. The van der Waals surface area contributed by atoms with Gasteiger partial charge in [0.05, 0.1) is 10.5 Å². The van der Waals surface area contributed by atoms with Crippen LogP contribution in [-0.2, 0) is 4.79 Å². The fourth-order valence-electron chi connectivity index (χ4n) is 2.57. The molecule has 0 aliphatic heterocycles. The Bertz CT molecular complexity index is 768. The molecule has 1 atom stereocenters. The second kappa shape index (κ2) is 8.89. The number of unbranched alkanes of at least 4 members (excludes halogenated alkanes) is 1. The van der Waals surface area contributed by atoms with Crippen LogP contribution in [0.4, 0.5) is 5.69 Å². The molecule has 0 aliphatic rings. The normalized spacial score (nSPS) is 12.6. The van der Waals surface area contributed by atoms with Crippen LogP contribution >= 0.6 is 0 Å². The number of carbonyl (C=O) groups is 1. The van der Waals surface area contributed by atoms with E-state index in [0.717, 1.165) is 12.0 Å². The fourth-order valence-corrected chi connectivity index (χ4v) is 2.57. The molecule has 0 spiro atoms. The standard InChI is InChI=1S/C20H21NO4/c1-2-3-13-19(22)17(14-15-9-5-4-6-10-15)20(23)16-11-7-8-12-18(16)21(24)25/h4-12,14,20,23H,2-3,13H2,1H3/b17-14+. The Morgan fingerprint density at radius 1 is 1.16 bits per heavy atom. The van der Waals surface area contributed by atoms with Crippen molar-refractivity contribution in [2.45, 2.75) is 32.3 Å². The van der Waals surface area contributed by atoms with Gasteiger partial charge < -0.3 is 5.11 Å². The summed E-state index contributed by atoms with van der Waals surface area (Å²) in [5.41, 5.74) is 0.866. The number of rotatable bonds is 8. The molecule has 0 saturated heterocycles. The monoisotopic (exact) mass is 339 g/mol. The third-order valence-electron chi connectivity index (χ3n) is 3.92. The fraction of sp³-hybridized carbons (Fsp3) is 0.250. The van der Waals surface area contributed by atoms with Gasteiger partial charge in [0.25, 0.3) is 5.69 Å². The van der Waals surface area contributed by atoms with Crippen molar-refractivity contribution in [3.8, 4) is 0 Å². The van der Waals surface area contributed by atoms with Crippen molar-refractivity contribution in [1.29, 1.82) is 0 Å². The summed E-state index contributed by atoms with van der Waals surface area (Å²) in [6, 6.07) is 15.1. The van der Waals surface area contributed by atoms with Crippen molar-refractivity contribution in [3.63, 3.8) is 0 Å². The van der Waals surface area contributed by atoms with Gasteiger partial charge in [-0.3, -0.25) is 14.9 Å². The molecule has 0 saturated carbocycles. The predicted octanol–water partition coefficient (Wildman–Crippen LogP) is 4.47. The van der Waals surface area contributed by atoms with Crippen LogP contribution < -0.4 is 0 Å². The highest BCUT2D eigenvalue weighted by Crippen LogP contribution is 2.32. The average Bonchev–Trinajstić information content (AvgIpc) is 2.64. The summed E-state index contributed by atoms with van der Waals surface area (Å²) in [5, 5.41) is 22.0. The quantitative estimate of drug-likeness (QED) is 0.437. The van der Waals surface area contributed by atoms with Gasteiger partial charge in [-0.2, -0.15) is 0 Å². The molecule has 0 bridgehead atoms. The van der Waals surface area contributed by atoms with Crippen molar-refractivity contribution in [1.82, 2.24) is 0 Å². The molecule has 0 radical (unpaired) electrons. The van der Waals surface area contributed by atoms with Crippen molar-refractivity contribution in [3.05, 3.63) is 81.4 Å². The SMILES string of the molecule is CCCCC(=O)/C(=C\c1ccccc1)C(O)c1ccccc1[N+](=O)[O-]. The van der Waals surface area contributed by atoms with Gasteiger partial charge in [-0.1, -0.05) is 55.8 Å². The Labute approximate surface area is 146 Å². The summed E-state index contributed by atoms with van der Waals surface area (Å²) in [7, 11) is 0. The Morgan fingerprint density at radius 3 is 2.44 bits per heavy atom. The minimum absolute atomic E-state index is 0.125. The predicted molar refractivity (Wildman–Crippen MR) is 97.0 cm³/mol. The zero-order valence-electron chi connectivity index (χ0n) is 14.1.